The average Bonchev–Trinajstić information content (AvgIpc) is 2.18. The second-order valence-electron chi connectivity index (χ2n) is 3.16. The molecule has 0 radical (unpaired) electrons. The molecule has 88 valence electrons. The van der Waals surface area contributed by atoms with E-state index >= 15 is 0 Å². The number of primary amides is 1. The lowest BCUT2D eigenvalue weighted by Crippen LogP contribution is -2.04. The first-order valence-corrected chi connectivity index (χ1v) is 5.18. The Morgan fingerprint density at radius 3 is 2.07 bits per heavy atom. The van der Waals surface area contributed by atoms with E-state index in [1.807, 2.05) is 0 Å². The summed E-state index contributed by atoms with van der Waals surface area (Å²) < 4.78 is 0. The van der Waals surface area contributed by atoms with E-state index in [1.165, 1.54) is 19.3 Å². The third-order valence-corrected chi connectivity index (χ3v) is 1.70. The van der Waals surface area contributed by atoms with E-state index in [0.29, 0.717) is 6.42 Å². The van der Waals surface area contributed by atoms with Crippen LogP contribution in [0.4, 0.5) is 0 Å². The van der Waals surface area contributed by atoms with Crippen molar-refractivity contribution in [3.05, 3.63) is 12.7 Å². The van der Waals surface area contributed by atoms with Crippen LogP contribution in [0.5, 0.6) is 0 Å². The van der Waals surface area contributed by atoms with Gasteiger partial charge in [0, 0.05) is 6.42 Å². The average molecular weight is 215 g/mol. The molecule has 15 heavy (non-hydrogen) atoms. The van der Waals surface area contributed by atoms with Crippen molar-refractivity contribution >= 4 is 11.9 Å². The summed E-state index contributed by atoms with van der Waals surface area (Å²) in [5, 5.41) is 8.27. The third-order valence-electron chi connectivity index (χ3n) is 1.70. The van der Waals surface area contributed by atoms with Crippen LogP contribution in [0.1, 0.15) is 45.4 Å². The molecule has 0 aliphatic heterocycles. The number of nitrogens with two attached hydrogens (primary N) is 1. The largest absolute Gasteiger partial charge is 0.481 e. The quantitative estimate of drug-likeness (QED) is 0.504. The molecule has 0 aliphatic carbocycles. The van der Waals surface area contributed by atoms with Gasteiger partial charge in [0.15, 0.2) is 0 Å². The minimum absolute atomic E-state index is 0.337. The number of carbonyl (C=O) groups is 2. The lowest BCUT2D eigenvalue weighted by Gasteiger charge is -1.95. The molecule has 0 bridgehead atoms. The number of amides is 1. The molecule has 4 heteroatoms. The molecule has 0 heterocycles. The van der Waals surface area contributed by atoms with Crippen molar-refractivity contribution in [2.24, 2.45) is 5.73 Å². The van der Waals surface area contributed by atoms with Crippen LogP contribution in [0, 0.1) is 0 Å². The molecular weight excluding hydrogens is 194 g/mol. The molecule has 0 aromatic rings. The highest BCUT2D eigenvalue weighted by molar-refractivity contribution is 5.84. The normalized spacial score (nSPS) is 8.60. The number of hydrogen-bond donors (Lipinski definition) is 2. The molecule has 0 saturated heterocycles. The molecule has 3 N–H and O–H groups in total. The SMILES string of the molecule is C=CC(N)=O.CCCCCCCC(=O)O. The van der Waals surface area contributed by atoms with Gasteiger partial charge in [-0.1, -0.05) is 39.2 Å². The Labute approximate surface area is 91.2 Å². The van der Waals surface area contributed by atoms with Crippen molar-refractivity contribution in [3.8, 4) is 0 Å². The summed E-state index contributed by atoms with van der Waals surface area (Å²) in [6.07, 6.45) is 6.94. The first-order valence-electron chi connectivity index (χ1n) is 5.18. The predicted molar refractivity (Wildman–Crippen MR) is 60.4 cm³/mol. The van der Waals surface area contributed by atoms with Crippen molar-refractivity contribution < 1.29 is 14.7 Å². The molecule has 4 nitrogen and oxygen atoms in total. The maximum atomic E-state index is 10.0. The van der Waals surface area contributed by atoms with Gasteiger partial charge in [-0.2, -0.15) is 0 Å². The van der Waals surface area contributed by atoms with Crippen molar-refractivity contribution in [3.63, 3.8) is 0 Å². The van der Waals surface area contributed by atoms with E-state index < -0.39 is 11.9 Å². The molecule has 1 amide bonds. The smallest absolute Gasteiger partial charge is 0.303 e. The number of aliphatic carboxylic acids is 1. The van der Waals surface area contributed by atoms with Crippen molar-refractivity contribution in [1.82, 2.24) is 0 Å². The monoisotopic (exact) mass is 215 g/mol. The fraction of sp³-hybridized carbons (Fsp3) is 0.636. The zero-order valence-corrected chi connectivity index (χ0v) is 9.37. The summed E-state index contributed by atoms with van der Waals surface area (Å²) >= 11 is 0. The Hall–Kier alpha value is -1.32. The first-order chi connectivity index (χ1) is 7.04. The summed E-state index contributed by atoms with van der Waals surface area (Å²) in [5.74, 6) is -1.15. The van der Waals surface area contributed by atoms with Crippen LogP contribution in [0.25, 0.3) is 0 Å². The fourth-order valence-corrected chi connectivity index (χ4v) is 0.880. The number of unbranched alkanes of at least 4 members (excludes halogenated alkanes) is 4. The molecular formula is C11H21NO3. The third kappa shape index (κ3) is 24.5. The number of carboxylic acids is 1. The van der Waals surface area contributed by atoms with Gasteiger partial charge in [-0.25, -0.2) is 0 Å². The summed E-state index contributed by atoms with van der Waals surface area (Å²) in [7, 11) is 0. The molecule has 0 saturated carbocycles. The van der Waals surface area contributed by atoms with E-state index in [-0.39, 0.29) is 0 Å². The molecule has 0 spiro atoms. The van der Waals surface area contributed by atoms with E-state index in [0.717, 1.165) is 18.9 Å². The second kappa shape index (κ2) is 12.7. The fourth-order valence-electron chi connectivity index (χ4n) is 0.880. The number of carboxylic acid groups (broad SMARTS) is 1. The lowest BCUT2D eigenvalue weighted by atomic mass is 10.1. The van der Waals surface area contributed by atoms with Gasteiger partial charge >= 0.3 is 5.97 Å². The van der Waals surface area contributed by atoms with Crippen molar-refractivity contribution in [2.75, 3.05) is 0 Å². The van der Waals surface area contributed by atoms with E-state index in [2.05, 4.69) is 19.2 Å². The number of carbonyl (C=O) groups excluding carboxylic acids is 1. The zero-order chi connectivity index (χ0) is 12.1. The minimum atomic E-state index is -0.670. The minimum Gasteiger partial charge on any atom is -0.481 e. The van der Waals surface area contributed by atoms with Gasteiger partial charge in [-0.3, -0.25) is 9.59 Å². The van der Waals surface area contributed by atoms with Crippen LogP contribution in [0.2, 0.25) is 0 Å². The topological polar surface area (TPSA) is 80.4 Å². The highest BCUT2D eigenvalue weighted by atomic mass is 16.4. The molecule has 0 rings (SSSR count). The second-order valence-corrected chi connectivity index (χ2v) is 3.16. The van der Waals surface area contributed by atoms with Crippen LogP contribution >= 0.6 is 0 Å². The Morgan fingerprint density at radius 1 is 1.27 bits per heavy atom. The maximum absolute atomic E-state index is 10.0. The van der Waals surface area contributed by atoms with Crippen LogP contribution in [-0.2, 0) is 9.59 Å². The molecule has 0 unspecified atom stereocenters. The molecule has 0 atom stereocenters. The standard InChI is InChI=1S/C8H16O2.C3H5NO/c1-2-3-4-5-6-7-8(9)10;1-2-3(4)5/h2-7H2,1H3,(H,9,10);2H,1H2,(H2,4,5). The summed E-state index contributed by atoms with van der Waals surface area (Å²) in [6.45, 7) is 5.24. The molecule has 0 aliphatic rings. The van der Waals surface area contributed by atoms with Gasteiger partial charge in [-0.05, 0) is 12.5 Å². The van der Waals surface area contributed by atoms with Gasteiger partial charge in [0.05, 0.1) is 0 Å². The van der Waals surface area contributed by atoms with Crippen LogP contribution in [0.3, 0.4) is 0 Å². The van der Waals surface area contributed by atoms with Gasteiger partial charge in [0.25, 0.3) is 0 Å². The maximum Gasteiger partial charge on any atom is 0.303 e. The van der Waals surface area contributed by atoms with E-state index in [4.69, 9.17) is 5.11 Å². The highest BCUT2D eigenvalue weighted by Gasteiger charge is 1.94. The summed E-state index contributed by atoms with van der Waals surface area (Å²) in [4.78, 5) is 19.5. The number of rotatable bonds is 7. The van der Waals surface area contributed by atoms with E-state index in [1.54, 1.807) is 0 Å². The first kappa shape index (κ1) is 16.1. The van der Waals surface area contributed by atoms with Gasteiger partial charge in [-0.15, -0.1) is 0 Å². The lowest BCUT2D eigenvalue weighted by molar-refractivity contribution is -0.137. The highest BCUT2D eigenvalue weighted by Crippen LogP contribution is 2.04. The Kier molecular flexibility index (Phi) is 13.6. The predicted octanol–water partition coefficient (Wildman–Crippen LogP) is 2.09. The van der Waals surface area contributed by atoms with Gasteiger partial charge in [0.2, 0.25) is 5.91 Å². The zero-order valence-electron chi connectivity index (χ0n) is 9.37. The Balaban J connectivity index is 0. The van der Waals surface area contributed by atoms with Gasteiger partial charge in [0.1, 0.15) is 0 Å². The summed E-state index contributed by atoms with van der Waals surface area (Å²) in [6, 6.07) is 0. The van der Waals surface area contributed by atoms with Crippen LogP contribution in [0.15, 0.2) is 12.7 Å². The number of hydrogen-bond acceptors (Lipinski definition) is 2. The Morgan fingerprint density at radius 2 is 1.73 bits per heavy atom. The van der Waals surface area contributed by atoms with Gasteiger partial charge < -0.3 is 10.8 Å². The molecule has 0 aromatic carbocycles. The van der Waals surface area contributed by atoms with Crippen LogP contribution < -0.4 is 5.73 Å². The Bertz CT molecular complexity index is 190. The van der Waals surface area contributed by atoms with E-state index in [9.17, 15) is 9.59 Å². The van der Waals surface area contributed by atoms with Crippen molar-refractivity contribution in [2.45, 2.75) is 45.4 Å². The molecule has 0 aromatic heterocycles. The van der Waals surface area contributed by atoms with Crippen LogP contribution in [-0.4, -0.2) is 17.0 Å². The van der Waals surface area contributed by atoms with Crippen molar-refractivity contribution in [1.29, 1.82) is 0 Å². The molecule has 0 fully saturated rings. The summed E-state index contributed by atoms with van der Waals surface area (Å²) in [5.41, 5.74) is 4.53.